The normalized spacial score (nSPS) is 14.4. The van der Waals surface area contributed by atoms with Crippen molar-refractivity contribution < 1.29 is 0 Å². The smallest absolute Gasteiger partial charge is 0.144 e. The third-order valence-corrected chi connectivity index (χ3v) is 4.02. The molecule has 3 N–H and O–H groups in total. The van der Waals surface area contributed by atoms with Crippen molar-refractivity contribution in [3.63, 3.8) is 0 Å². The first-order chi connectivity index (χ1) is 10.2. The summed E-state index contributed by atoms with van der Waals surface area (Å²) in [7, 11) is 0. The third kappa shape index (κ3) is 2.49. The van der Waals surface area contributed by atoms with Gasteiger partial charge >= 0.3 is 0 Å². The molecule has 0 saturated carbocycles. The van der Waals surface area contributed by atoms with Gasteiger partial charge in [0.1, 0.15) is 11.7 Å². The van der Waals surface area contributed by atoms with Crippen LogP contribution in [0.25, 0.3) is 0 Å². The van der Waals surface area contributed by atoms with Crippen LogP contribution in [0.4, 0.5) is 11.5 Å². The molecule has 0 aliphatic carbocycles. The van der Waals surface area contributed by atoms with Crippen LogP contribution in [0.2, 0.25) is 0 Å². The minimum Gasteiger partial charge on any atom is -0.384 e. The second-order valence-electron chi connectivity index (χ2n) is 5.48. The lowest BCUT2D eigenvalue weighted by Gasteiger charge is -2.26. The summed E-state index contributed by atoms with van der Waals surface area (Å²) in [5, 5.41) is 7.89. The lowest BCUT2D eigenvalue weighted by Crippen LogP contribution is -2.25. The Balaban J connectivity index is 2.17. The van der Waals surface area contributed by atoms with Gasteiger partial charge in [0.25, 0.3) is 0 Å². The number of benzene rings is 1. The molecule has 4 nitrogen and oxygen atoms in total. The molecule has 2 heterocycles. The molecule has 0 fully saturated rings. The maximum absolute atomic E-state index is 7.89. The van der Waals surface area contributed by atoms with Gasteiger partial charge in [0.2, 0.25) is 0 Å². The zero-order valence-corrected chi connectivity index (χ0v) is 12.3. The molecule has 1 aromatic carbocycles. The Morgan fingerprint density at radius 2 is 2.05 bits per heavy atom. The van der Waals surface area contributed by atoms with Crippen molar-refractivity contribution in [3.8, 4) is 0 Å². The van der Waals surface area contributed by atoms with Crippen molar-refractivity contribution in [1.29, 1.82) is 5.41 Å². The molecule has 4 heteroatoms. The number of para-hydroxylation sites is 1. The molecule has 2 aromatic rings. The Labute approximate surface area is 125 Å². The lowest BCUT2D eigenvalue weighted by molar-refractivity contribution is 0.757. The number of hydrogen-bond acceptors (Lipinski definition) is 3. The number of aryl methyl sites for hydroxylation is 2. The predicted molar refractivity (Wildman–Crippen MR) is 86.4 cm³/mol. The highest BCUT2D eigenvalue weighted by molar-refractivity contribution is 6.01. The van der Waals surface area contributed by atoms with Crippen LogP contribution in [0, 0.1) is 12.3 Å². The van der Waals surface area contributed by atoms with E-state index in [9.17, 15) is 0 Å². The molecule has 1 aliphatic heterocycles. The summed E-state index contributed by atoms with van der Waals surface area (Å²) in [5.74, 6) is 0.883. The molecule has 0 saturated heterocycles. The zero-order valence-electron chi connectivity index (χ0n) is 12.3. The Kier molecular flexibility index (Phi) is 3.60. The van der Waals surface area contributed by atoms with Crippen LogP contribution in [0.3, 0.4) is 0 Å². The number of nitrogens with two attached hydrogens (primary N) is 1. The van der Waals surface area contributed by atoms with Gasteiger partial charge in [-0.15, -0.1) is 0 Å². The topological polar surface area (TPSA) is 66.0 Å². The van der Waals surface area contributed by atoms with Gasteiger partial charge in [0.15, 0.2) is 0 Å². The molecule has 0 atom stereocenters. The van der Waals surface area contributed by atoms with Crippen LogP contribution in [0.5, 0.6) is 0 Å². The van der Waals surface area contributed by atoms with Crippen molar-refractivity contribution in [1.82, 2.24) is 4.98 Å². The number of amidine groups is 1. The molecular weight excluding hydrogens is 260 g/mol. The molecule has 0 bridgehead atoms. The van der Waals surface area contributed by atoms with Crippen molar-refractivity contribution in [2.24, 2.45) is 5.73 Å². The molecule has 1 aromatic heterocycles. The van der Waals surface area contributed by atoms with E-state index in [0.717, 1.165) is 36.3 Å². The summed E-state index contributed by atoms with van der Waals surface area (Å²) in [5.41, 5.74) is 10.1. The fraction of sp³-hybridized carbons (Fsp3) is 0.294. The average molecular weight is 280 g/mol. The molecule has 0 spiro atoms. The molecule has 0 unspecified atom stereocenters. The predicted octanol–water partition coefficient (Wildman–Crippen LogP) is 3.15. The van der Waals surface area contributed by atoms with Gasteiger partial charge in [-0.3, -0.25) is 5.41 Å². The van der Waals surface area contributed by atoms with E-state index in [4.69, 9.17) is 11.1 Å². The summed E-state index contributed by atoms with van der Waals surface area (Å²) in [6.45, 7) is 2.89. The third-order valence-electron chi connectivity index (χ3n) is 4.02. The average Bonchev–Trinajstić information content (AvgIpc) is 2.68. The standard InChI is InChI=1S/C17H20N4/c1-12-9-10-20-17(15(12)16(18)19)21-11-5-4-7-13-6-2-3-8-14(13)21/h2-3,6,8-10H,4-5,7,11H2,1H3,(H3,18,19). The van der Waals surface area contributed by atoms with Gasteiger partial charge in [0, 0.05) is 18.4 Å². The van der Waals surface area contributed by atoms with Gasteiger partial charge in [-0.2, -0.15) is 0 Å². The summed E-state index contributed by atoms with van der Waals surface area (Å²) in [4.78, 5) is 6.74. The fourth-order valence-corrected chi connectivity index (χ4v) is 2.99. The minimum absolute atomic E-state index is 0.0809. The fourth-order valence-electron chi connectivity index (χ4n) is 2.99. The molecule has 0 amide bonds. The summed E-state index contributed by atoms with van der Waals surface area (Å²) in [6.07, 6.45) is 5.18. The van der Waals surface area contributed by atoms with Gasteiger partial charge < -0.3 is 10.6 Å². The molecule has 1 aliphatic rings. The monoisotopic (exact) mass is 280 g/mol. The minimum atomic E-state index is 0.0809. The van der Waals surface area contributed by atoms with Crippen molar-refractivity contribution in [2.75, 3.05) is 11.4 Å². The highest BCUT2D eigenvalue weighted by Gasteiger charge is 2.21. The molecule has 108 valence electrons. The van der Waals surface area contributed by atoms with Crippen molar-refractivity contribution >= 4 is 17.3 Å². The number of nitrogen functional groups attached to an aromatic ring is 1. The maximum Gasteiger partial charge on any atom is 0.144 e. The van der Waals surface area contributed by atoms with Crippen LogP contribution < -0.4 is 10.6 Å². The van der Waals surface area contributed by atoms with E-state index in [1.165, 1.54) is 17.7 Å². The number of hydrogen-bond donors (Lipinski definition) is 2. The first-order valence-electron chi connectivity index (χ1n) is 7.34. The van der Waals surface area contributed by atoms with E-state index in [-0.39, 0.29) is 5.84 Å². The Morgan fingerprint density at radius 3 is 2.86 bits per heavy atom. The summed E-state index contributed by atoms with van der Waals surface area (Å²) < 4.78 is 0. The van der Waals surface area contributed by atoms with Crippen LogP contribution in [-0.4, -0.2) is 17.4 Å². The van der Waals surface area contributed by atoms with Crippen molar-refractivity contribution in [2.45, 2.75) is 26.2 Å². The van der Waals surface area contributed by atoms with E-state index in [1.54, 1.807) is 6.20 Å². The molecule has 0 radical (unpaired) electrons. The molecular formula is C17H20N4. The van der Waals surface area contributed by atoms with Gasteiger partial charge in [0.05, 0.1) is 5.56 Å². The van der Waals surface area contributed by atoms with Crippen LogP contribution in [0.1, 0.15) is 29.5 Å². The largest absolute Gasteiger partial charge is 0.384 e. The zero-order chi connectivity index (χ0) is 14.8. The number of aromatic nitrogens is 1. The van der Waals surface area contributed by atoms with E-state index in [2.05, 4.69) is 34.1 Å². The Morgan fingerprint density at radius 1 is 1.24 bits per heavy atom. The number of rotatable bonds is 2. The van der Waals surface area contributed by atoms with Crippen LogP contribution >= 0.6 is 0 Å². The van der Waals surface area contributed by atoms with E-state index >= 15 is 0 Å². The van der Waals surface area contributed by atoms with Crippen molar-refractivity contribution in [3.05, 3.63) is 53.2 Å². The van der Waals surface area contributed by atoms with E-state index in [1.807, 2.05) is 13.0 Å². The summed E-state index contributed by atoms with van der Waals surface area (Å²) >= 11 is 0. The van der Waals surface area contributed by atoms with E-state index < -0.39 is 0 Å². The number of nitrogens with zero attached hydrogens (tertiary/aromatic N) is 2. The van der Waals surface area contributed by atoms with Gasteiger partial charge in [-0.25, -0.2) is 4.98 Å². The van der Waals surface area contributed by atoms with Gasteiger partial charge in [-0.1, -0.05) is 18.2 Å². The van der Waals surface area contributed by atoms with Gasteiger partial charge in [-0.05, 0) is 49.4 Å². The number of anilines is 2. The summed E-state index contributed by atoms with van der Waals surface area (Å²) in [6, 6.07) is 10.4. The van der Waals surface area contributed by atoms with E-state index in [0.29, 0.717) is 0 Å². The lowest BCUT2D eigenvalue weighted by atomic mass is 10.1. The number of fused-ring (bicyclic) bond motifs is 1. The Hall–Kier alpha value is -2.36. The first-order valence-corrected chi connectivity index (χ1v) is 7.34. The number of pyridine rings is 1. The Bertz CT molecular complexity index is 678. The highest BCUT2D eigenvalue weighted by Crippen LogP contribution is 2.33. The SMILES string of the molecule is Cc1ccnc(N2CCCCc3ccccc32)c1C(=N)N. The highest BCUT2D eigenvalue weighted by atomic mass is 15.2. The quantitative estimate of drug-likeness (QED) is 0.656. The second kappa shape index (κ2) is 5.56. The maximum atomic E-state index is 7.89. The first kappa shape index (κ1) is 13.6. The molecule has 3 rings (SSSR count). The molecule has 21 heavy (non-hydrogen) atoms. The van der Waals surface area contributed by atoms with Crippen LogP contribution in [0.15, 0.2) is 36.5 Å². The van der Waals surface area contributed by atoms with Crippen LogP contribution in [-0.2, 0) is 6.42 Å². The second-order valence-corrected chi connectivity index (χ2v) is 5.48. The number of nitrogens with one attached hydrogen (secondary N) is 1.